The van der Waals surface area contributed by atoms with E-state index in [9.17, 15) is 13.2 Å². The molecule has 2 unspecified atom stereocenters. The number of amides is 3. The number of ether oxygens (including phenoxy) is 1. The SMILES string of the molecule is CCOc1cc(C)c(S(=O)(=O)NC(C)(C)C)cc1C1=NC(c2ccc(Cl)cc2)C(c2ccc(Cl)cc2)N1C(=O)N1CCN(CC(=O)N(C)C(C)C)CC1. The molecule has 3 amide bonds. The zero-order valence-corrected chi connectivity index (χ0v) is 34.0. The molecule has 3 aromatic rings. The van der Waals surface area contributed by atoms with E-state index in [1.54, 1.807) is 85.8 Å². The highest BCUT2D eigenvalue weighted by Crippen LogP contribution is 2.46. The Morgan fingerprint density at radius 3 is 2.06 bits per heavy atom. The molecule has 11 nitrogen and oxygen atoms in total. The number of rotatable bonds is 10. The Morgan fingerprint density at radius 2 is 1.53 bits per heavy atom. The van der Waals surface area contributed by atoms with Crippen LogP contribution < -0.4 is 9.46 Å². The largest absolute Gasteiger partial charge is 0.493 e. The molecule has 0 bridgehead atoms. The first-order chi connectivity index (χ1) is 24.9. The molecule has 53 heavy (non-hydrogen) atoms. The molecule has 1 fully saturated rings. The van der Waals surface area contributed by atoms with Crippen molar-refractivity contribution in [3.05, 3.63) is 93.0 Å². The van der Waals surface area contributed by atoms with Crippen LogP contribution in [0.2, 0.25) is 10.0 Å². The van der Waals surface area contributed by atoms with Crippen molar-refractivity contribution in [2.75, 3.05) is 46.4 Å². The first kappa shape index (κ1) is 40.5. The summed E-state index contributed by atoms with van der Waals surface area (Å²) >= 11 is 12.7. The van der Waals surface area contributed by atoms with E-state index >= 15 is 4.79 Å². The third-order valence-corrected chi connectivity index (χ3v) is 11.8. The lowest BCUT2D eigenvalue weighted by Crippen LogP contribution is -2.55. The molecule has 1 saturated heterocycles. The van der Waals surface area contributed by atoms with Gasteiger partial charge in [-0.1, -0.05) is 47.5 Å². The molecule has 5 rings (SSSR count). The second-order valence-corrected chi connectivity index (χ2v) is 17.4. The van der Waals surface area contributed by atoms with Crippen LogP contribution in [0.25, 0.3) is 0 Å². The van der Waals surface area contributed by atoms with Crippen LogP contribution in [0.4, 0.5) is 4.79 Å². The van der Waals surface area contributed by atoms with Crippen LogP contribution in [0, 0.1) is 6.92 Å². The lowest BCUT2D eigenvalue weighted by Gasteiger charge is -2.39. The minimum atomic E-state index is -4.00. The molecule has 2 aliphatic rings. The summed E-state index contributed by atoms with van der Waals surface area (Å²) < 4.78 is 36.6. The molecule has 1 N–H and O–H groups in total. The fraction of sp³-hybridized carbons (Fsp3) is 0.462. The van der Waals surface area contributed by atoms with Gasteiger partial charge in [-0.25, -0.2) is 17.9 Å². The smallest absolute Gasteiger partial charge is 0.326 e. The van der Waals surface area contributed by atoms with Gasteiger partial charge in [-0.05, 0) is 102 Å². The summed E-state index contributed by atoms with van der Waals surface area (Å²) in [6.07, 6.45) is 0. The van der Waals surface area contributed by atoms with Crippen molar-refractivity contribution in [3.63, 3.8) is 0 Å². The molecule has 2 atom stereocenters. The number of likely N-dealkylation sites (N-methyl/N-ethyl adjacent to an activating group) is 1. The van der Waals surface area contributed by atoms with Gasteiger partial charge in [0.25, 0.3) is 0 Å². The average Bonchev–Trinajstić information content (AvgIpc) is 3.48. The molecule has 0 aliphatic carbocycles. The first-order valence-corrected chi connectivity index (χ1v) is 20.1. The lowest BCUT2D eigenvalue weighted by molar-refractivity contribution is -0.132. The number of hydrogen-bond acceptors (Lipinski definition) is 7. The zero-order valence-electron chi connectivity index (χ0n) is 31.7. The van der Waals surface area contributed by atoms with Gasteiger partial charge < -0.3 is 14.5 Å². The van der Waals surface area contributed by atoms with Crippen molar-refractivity contribution >= 4 is 51.0 Å². The van der Waals surface area contributed by atoms with Gasteiger partial charge in [0, 0.05) is 54.9 Å². The van der Waals surface area contributed by atoms with E-state index in [1.807, 2.05) is 45.0 Å². The maximum atomic E-state index is 15.1. The van der Waals surface area contributed by atoms with Crippen molar-refractivity contribution in [3.8, 4) is 5.75 Å². The summed E-state index contributed by atoms with van der Waals surface area (Å²) in [7, 11) is -2.20. The monoisotopic (exact) mass is 784 g/mol. The number of benzene rings is 3. The van der Waals surface area contributed by atoms with Crippen LogP contribution in [-0.4, -0.2) is 104 Å². The number of sulfonamides is 1. The Morgan fingerprint density at radius 1 is 0.962 bits per heavy atom. The van der Waals surface area contributed by atoms with Crippen LogP contribution in [-0.2, 0) is 14.8 Å². The Balaban J connectivity index is 1.65. The highest BCUT2D eigenvalue weighted by Gasteiger charge is 2.45. The number of hydrogen-bond donors (Lipinski definition) is 1. The van der Waals surface area contributed by atoms with Gasteiger partial charge >= 0.3 is 6.03 Å². The number of nitrogens with one attached hydrogen (secondary N) is 1. The number of nitrogens with zero attached hydrogens (tertiary/aromatic N) is 5. The number of piperazine rings is 1. The molecule has 3 aromatic carbocycles. The third-order valence-electron chi connectivity index (χ3n) is 9.41. The van der Waals surface area contributed by atoms with Crippen LogP contribution in [0.15, 0.2) is 70.6 Å². The molecule has 2 aliphatic heterocycles. The number of carbonyl (C=O) groups is 2. The van der Waals surface area contributed by atoms with Gasteiger partial charge in [-0.15, -0.1) is 0 Å². The van der Waals surface area contributed by atoms with Gasteiger partial charge in [0.15, 0.2) is 0 Å². The number of halogens is 2. The summed E-state index contributed by atoms with van der Waals surface area (Å²) in [5, 5.41) is 1.10. The van der Waals surface area contributed by atoms with E-state index in [-0.39, 0.29) is 35.3 Å². The number of aliphatic imine (C=N–C) groups is 1. The second-order valence-electron chi connectivity index (χ2n) is 14.9. The third kappa shape index (κ3) is 9.35. The second kappa shape index (κ2) is 16.4. The van der Waals surface area contributed by atoms with Crippen molar-refractivity contribution in [2.45, 2.75) is 77.0 Å². The lowest BCUT2D eigenvalue weighted by atomic mass is 9.93. The van der Waals surface area contributed by atoms with Crippen molar-refractivity contribution in [1.29, 1.82) is 0 Å². The van der Waals surface area contributed by atoms with Crippen LogP contribution in [0.5, 0.6) is 5.75 Å². The minimum Gasteiger partial charge on any atom is -0.493 e. The maximum Gasteiger partial charge on any atom is 0.326 e. The molecule has 14 heteroatoms. The summed E-state index contributed by atoms with van der Waals surface area (Å²) in [4.78, 5) is 40.5. The molecule has 0 spiro atoms. The van der Waals surface area contributed by atoms with Crippen molar-refractivity contribution in [2.24, 2.45) is 4.99 Å². The number of carbonyl (C=O) groups excluding carboxylic acids is 2. The van der Waals surface area contributed by atoms with Crippen molar-refractivity contribution < 1.29 is 22.7 Å². The highest BCUT2D eigenvalue weighted by atomic mass is 35.5. The predicted octanol–water partition coefficient (Wildman–Crippen LogP) is 6.93. The van der Waals surface area contributed by atoms with E-state index < -0.39 is 27.6 Å². The number of amidine groups is 1. The Hall–Kier alpha value is -3.68. The summed E-state index contributed by atoms with van der Waals surface area (Å²) in [5.41, 5.74) is 1.72. The van der Waals surface area contributed by atoms with Gasteiger partial charge in [0.2, 0.25) is 15.9 Å². The first-order valence-electron chi connectivity index (χ1n) is 17.9. The molecule has 0 saturated carbocycles. The fourth-order valence-corrected chi connectivity index (χ4v) is 8.48. The molecular formula is C39H50Cl2N6O5S. The molecule has 0 radical (unpaired) electrons. The van der Waals surface area contributed by atoms with Crippen LogP contribution >= 0.6 is 23.2 Å². The normalized spacial score (nSPS) is 18.4. The topological polar surface area (TPSA) is 115 Å². The average molecular weight is 786 g/mol. The van der Waals surface area contributed by atoms with E-state index in [2.05, 4.69) is 9.62 Å². The van der Waals surface area contributed by atoms with Gasteiger partial charge in [-0.3, -0.25) is 19.6 Å². The Kier molecular flexibility index (Phi) is 12.5. The molecule has 0 aromatic heterocycles. The van der Waals surface area contributed by atoms with E-state index in [0.29, 0.717) is 59.7 Å². The molecular weight excluding hydrogens is 735 g/mol. The summed E-state index contributed by atoms with van der Waals surface area (Å²) in [6, 6.07) is 16.5. The van der Waals surface area contributed by atoms with E-state index in [4.69, 9.17) is 32.9 Å². The quantitative estimate of drug-likeness (QED) is 0.239. The number of aryl methyl sites for hydroxylation is 1. The summed E-state index contributed by atoms with van der Waals surface area (Å²) in [5.74, 6) is 0.707. The van der Waals surface area contributed by atoms with Gasteiger partial charge in [-0.2, -0.15) is 0 Å². The zero-order chi connectivity index (χ0) is 38.8. The van der Waals surface area contributed by atoms with E-state index in [1.165, 1.54) is 0 Å². The van der Waals surface area contributed by atoms with Gasteiger partial charge in [0.1, 0.15) is 17.6 Å². The highest BCUT2D eigenvalue weighted by molar-refractivity contribution is 7.89. The van der Waals surface area contributed by atoms with Crippen LogP contribution in [0.1, 0.15) is 75.9 Å². The minimum absolute atomic E-state index is 0.0249. The summed E-state index contributed by atoms with van der Waals surface area (Å²) in [6.45, 7) is 15.2. The van der Waals surface area contributed by atoms with Gasteiger partial charge in [0.05, 0.1) is 29.7 Å². The fourth-order valence-electron chi connectivity index (χ4n) is 6.55. The Bertz CT molecular complexity index is 1940. The Labute approximate surface area is 323 Å². The number of urea groups is 1. The molecule has 286 valence electrons. The maximum absolute atomic E-state index is 15.1. The predicted molar refractivity (Wildman–Crippen MR) is 210 cm³/mol. The van der Waals surface area contributed by atoms with E-state index in [0.717, 1.165) is 11.1 Å². The molecule has 2 heterocycles. The standard InChI is InChI=1S/C39H50Cl2N6O5S/c1-9-52-32-22-26(4)33(53(50,51)43-39(5,6)7)23-31(32)37-42-35(27-10-14-29(40)15-11-27)36(28-12-16-30(41)17-13-28)47(37)38(49)46-20-18-45(19-21-46)24-34(48)44(8)25(2)3/h10-17,22-23,25,35-36,43H,9,18-21,24H2,1-8H3. The van der Waals surface area contributed by atoms with Crippen LogP contribution in [0.3, 0.4) is 0 Å². The van der Waals surface area contributed by atoms with Crippen molar-refractivity contribution in [1.82, 2.24) is 24.3 Å².